The van der Waals surface area contributed by atoms with E-state index in [2.05, 4.69) is 71.9 Å². The molecule has 2 aromatic carbocycles. The second-order valence-corrected chi connectivity index (χ2v) is 9.30. The van der Waals surface area contributed by atoms with Gasteiger partial charge < -0.3 is 4.74 Å². The minimum absolute atomic E-state index is 0.0905. The number of ether oxygens (including phenoxy) is 1. The molecule has 0 fully saturated rings. The van der Waals surface area contributed by atoms with E-state index in [4.69, 9.17) is 4.74 Å². The predicted octanol–water partition coefficient (Wildman–Crippen LogP) is 4.94. The SMILES string of the molecule is COC(=O)[C@@H](C)Sc1nnc(-c2ccc(C(C)(C)C)cc2)n1Cc1ccccc1. The minimum Gasteiger partial charge on any atom is -0.468 e. The van der Waals surface area contributed by atoms with Crippen molar-refractivity contribution >= 4 is 17.7 Å². The molecule has 3 rings (SSSR count). The van der Waals surface area contributed by atoms with Crippen molar-refractivity contribution in [3.05, 3.63) is 65.7 Å². The average Bonchev–Trinajstić information content (AvgIpc) is 3.09. The molecule has 29 heavy (non-hydrogen) atoms. The Morgan fingerprint density at radius 2 is 1.72 bits per heavy atom. The van der Waals surface area contributed by atoms with Crippen molar-refractivity contribution in [3.8, 4) is 11.4 Å². The highest BCUT2D eigenvalue weighted by atomic mass is 32.2. The fraction of sp³-hybridized carbons (Fsp3) is 0.348. The number of thioether (sulfide) groups is 1. The molecule has 1 atom stereocenters. The summed E-state index contributed by atoms with van der Waals surface area (Å²) < 4.78 is 6.92. The van der Waals surface area contributed by atoms with Gasteiger partial charge in [0.25, 0.3) is 0 Å². The molecular weight excluding hydrogens is 382 g/mol. The monoisotopic (exact) mass is 409 g/mol. The standard InChI is InChI=1S/C23H27N3O2S/c1-16(21(27)28-5)29-22-25-24-20(26(22)15-17-9-7-6-8-10-17)18-11-13-19(14-12-18)23(2,3)4/h6-14,16H,15H2,1-5H3/t16-/m1/s1. The van der Waals surface area contributed by atoms with Crippen LogP contribution in [0.4, 0.5) is 0 Å². The lowest BCUT2D eigenvalue weighted by Crippen LogP contribution is -2.16. The number of benzene rings is 2. The van der Waals surface area contributed by atoms with Crippen molar-refractivity contribution in [2.24, 2.45) is 0 Å². The average molecular weight is 410 g/mol. The van der Waals surface area contributed by atoms with Gasteiger partial charge in [0.1, 0.15) is 5.25 Å². The number of esters is 1. The van der Waals surface area contributed by atoms with Crippen molar-refractivity contribution in [1.82, 2.24) is 14.8 Å². The lowest BCUT2D eigenvalue weighted by Gasteiger charge is -2.19. The number of carbonyl (C=O) groups is 1. The zero-order valence-electron chi connectivity index (χ0n) is 17.5. The molecule has 152 valence electrons. The normalized spacial score (nSPS) is 12.6. The van der Waals surface area contributed by atoms with Crippen molar-refractivity contribution < 1.29 is 9.53 Å². The number of methoxy groups -OCH3 is 1. The van der Waals surface area contributed by atoms with Crippen LogP contribution in [0.3, 0.4) is 0 Å². The third-order valence-corrected chi connectivity index (χ3v) is 5.78. The molecule has 0 aliphatic carbocycles. The van der Waals surface area contributed by atoms with Crippen LogP contribution in [0.25, 0.3) is 11.4 Å². The fourth-order valence-electron chi connectivity index (χ4n) is 2.99. The van der Waals surface area contributed by atoms with Crippen molar-refractivity contribution in [2.75, 3.05) is 7.11 Å². The molecule has 0 aliphatic heterocycles. The Balaban J connectivity index is 1.99. The summed E-state index contributed by atoms with van der Waals surface area (Å²) in [6, 6.07) is 18.6. The molecule has 0 aliphatic rings. The van der Waals surface area contributed by atoms with E-state index in [1.165, 1.54) is 24.4 Å². The predicted molar refractivity (Wildman–Crippen MR) is 117 cm³/mol. The maximum atomic E-state index is 11.9. The van der Waals surface area contributed by atoms with E-state index in [9.17, 15) is 4.79 Å². The number of rotatable bonds is 6. The fourth-order valence-corrected chi connectivity index (χ4v) is 3.86. The summed E-state index contributed by atoms with van der Waals surface area (Å²) in [6.45, 7) is 9.03. The van der Waals surface area contributed by atoms with Gasteiger partial charge in [-0.25, -0.2) is 0 Å². The highest BCUT2D eigenvalue weighted by molar-refractivity contribution is 8.00. The highest BCUT2D eigenvalue weighted by Crippen LogP contribution is 2.30. The zero-order chi connectivity index (χ0) is 21.0. The molecule has 0 amide bonds. The van der Waals surface area contributed by atoms with Crippen molar-refractivity contribution in [3.63, 3.8) is 0 Å². The molecule has 0 unspecified atom stereocenters. The Bertz CT molecular complexity index is 960. The summed E-state index contributed by atoms with van der Waals surface area (Å²) in [5.74, 6) is 0.509. The number of carbonyl (C=O) groups excluding carboxylic acids is 1. The summed E-state index contributed by atoms with van der Waals surface area (Å²) in [6.07, 6.45) is 0. The molecular formula is C23H27N3O2S. The lowest BCUT2D eigenvalue weighted by atomic mass is 9.87. The van der Waals surface area contributed by atoms with Crippen molar-refractivity contribution in [2.45, 2.75) is 50.1 Å². The number of nitrogens with zero attached hydrogens (tertiary/aromatic N) is 3. The Labute approximate surface area is 176 Å². The summed E-state index contributed by atoms with van der Waals surface area (Å²) in [4.78, 5) is 11.9. The molecule has 3 aromatic rings. The molecule has 0 saturated heterocycles. The van der Waals surface area contributed by atoms with Crippen LogP contribution < -0.4 is 0 Å². The van der Waals surface area contributed by atoms with Crippen molar-refractivity contribution in [1.29, 1.82) is 0 Å². The van der Waals surface area contributed by atoms with Crippen LogP contribution in [-0.4, -0.2) is 33.1 Å². The molecule has 0 spiro atoms. The first-order chi connectivity index (χ1) is 13.8. The molecule has 0 radical (unpaired) electrons. The lowest BCUT2D eigenvalue weighted by molar-refractivity contribution is -0.139. The van der Waals surface area contributed by atoms with E-state index in [0.717, 1.165) is 17.0 Å². The maximum absolute atomic E-state index is 11.9. The number of aromatic nitrogens is 3. The Hall–Kier alpha value is -2.60. The van der Waals surface area contributed by atoms with Gasteiger partial charge in [-0.05, 0) is 23.5 Å². The maximum Gasteiger partial charge on any atom is 0.318 e. The van der Waals surface area contributed by atoms with Crippen LogP contribution >= 0.6 is 11.8 Å². The first kappa shape index (κ1) is 21.1. The second kappa shape index (κ2) is 8.82. The summed E-state index contributed by atoms with van der Waals surface area (Å²) in [5.41, 5.74) is 3.50. The van der Waals surface area contributed by atoms with Gasteiger partial charge in [-0.2, -0.15) is 0 Å². The van der Waals surface area contributed by atoms with Gasteiger partial charge in [0, 0.05) is 5.56 Å². The van der Waals surface area contributed by atoms with E-state index in [-0.39, 0.29) is 16.6 Å². The van der Waals surface area contributed by atoms with E-state index in [1.54, 1.807) is 0 Å². The van der Waals surface area contributed by atoms with Crippen LogP contribution in [0.15, 0.2) is 59.8 Å². The Morgan fingerprint density at radius 3 is 2.31 bits per heavy atom. The molecule has 0 N–H and O–H groups in total. The summed E-state index contributed by atoms with van der Waals surface area (Å²) in [7, 11) is 1.40. The first-order valence-electron chi connectivity index (χ1n) is 9.62. The van der Waals surface area contributed by atoms with Crippen LogP contribution in [0.2, 0.25) is 0 Å². The van der Waals surface area contributed by atoms with Gasteiger partial charge in [0.15, 0.2) is 11.0 Å². The van der Waals surface area contributed by atoms with E-state index < -0.39 is 0 Å². The minimum atomic E-state index is -0.366. The number of hydrogen-bond donors (Lipinski definition) is 0. The van der Waals surface area contributed by atoms with E-state index in [0.29, 0.717) is 11.7 Å². The quantitative estimate of drug-likeness (QED) is 0.426. The zero-order valence-corrected chi connectivity index (χ0v) is 18.4. The topological polar surface area (TPSA) is 57.0 Å². The molecule has 1 aromatic heterocycles. The summed E-state index contributed by atoms with van der Waals surface area (Å²) in [5, 5.41) is 9.17. The molecule has 0 bridgehead atoms. The highest BCUT2D eigenvalue weighted by Gasteiger charge is 2.22. The van der Waals surface area contributed by atoms with Crippen LogP contribution in [0, 0.1) is 0 Å². The van der Waals surface area contributed by atoms with Gasteiger partial charge in [0.05, 0.1) is 13.7 Å². The summed E-state index contributed by atoms with van der Waals surface area (Å²) >= 11 is 1.36. The van der Waals surface area contributed by atoms with Crippen LogP contribution in [0.1, 0.15) is 38.8 Å². The van der Waals surface area contributed by atoms with Crippen LogP contribution in [-0.2, 0) is 21.5 Å². The molecule has 1 heterocycles. The largest absolute Gasteiger partial charge is 0.468 e. The Kier molecular flexibility index (Phi) is 6.42. The Morgan fingerprint density at radius 1 is 1.07 bits per heavy atom. The van der Waals surface area contributed by atoms with Gasteiger partial charge in [-0.3, -0.25) is 9.36 Å². The molecule has 6 heteroatoms. The smallest absolute Gasteiger partial charge is 0.318 e. The van der Waals surface area contributed by atoms with Gasteiger partial charge >= 0.3 is 5.97 Å². The number of hydrogen-bond acceptors (Lipinski definition) is 5. The van der Waals surface area contributed by atoms with Gasteiger partial charge in [-0.1, -0.05) is 87.1 Å². The molecule has 5 nitrogen and oxygen atoms in total. The second-order valence-electron chi connectivity index (χ2n) is 7.99. The third-order valence-electron chi connectivity index (χ3n) is 4.72. The van der Waals surface area contributed by atoms with E-state index >= 15 is 0 Å². The third kappa shape index (κ3) is 5.07. The van der Waals surface area contributed by atoms with Crippen LogP contribution in [0.5, 0.6) is 0 Å². The van der Waals surface area contributed by atoms with Gasteiger partial charge in [-0.15, -0.1) is 10.2 Å². The first-order valence-corrected chi connectivity index (χ1v) is 10.5. The molecule has 0 saturated carbocycles. The van der Waals surface area contributed by atoms with E-state index in [1.807, 2.05) is 25.1 Å². The van der Waals surface area contributed by atoms with Gasteiger partial charge in [0.2, 0.25) is 0 Å².